The molecule has 0 fully saturated rings. The Labute approximate surface area is 149 Å². The molecule has 0 unspecified atom stereocenters. The van der Waals surface area contributed by atoms with Gasteiger partial charge in [-0.05, 0) is 43.8 Å². The van der Waals surface area contributed by atoms with E-state index in [-0.39, 0.29) is 11.7 Å². The number of aromatic hydroxyl groups is 1. The molecule has 0 heterocycles. The van der Waals surface area contributed by atoms with Gasteiger partial charge in [0.15, 0.2) is 0 Å². The minimum Gasteiger partial charge on any atom is -0.508 e. The molecule has 0 aliphatic carbocycles. The van der Waals surface area contributed by atoms with Crippen molar-refractivity contribution in [1.29, 1.82) is 0 Å². The quantitative estimate of drug-likeness (QED) is 0.769. The minimum absolute atomic E-state index is 0.0567. The number of nitrogens with two attached hydrogens (primary N) is 1. The number of hydrogen-bond acceptors (Lipinski definition) is 4. The zero-order valence-electron chi connectivity index (χ0n) is 14.9. The zero-order chi connectivity index (χ0) is 18.2. The van der Waals surface area contributed by atoms with Crippen LogP contribution >= 0.6 is 0 Å². The van der Waals surface area contributed by atoms with Gasteiger partial charge in [0, 0.05) is 19.6 Å². The third kappa shape index (κ3) is 6.21. The third-order valence-corrected chi connectivity index (χ3v) is 4.05. The molecule has 2 aromatic rings. The van der Waals surface area contributed by atoms with Crippen LogP contribution in [0.1, 0.15) is 11.1 Å². The van der Waals surface area contributed by atoms with E-state index in [1.807, 2.05) is 49.3 Å². The number of phenols is 1. The molecule has 1 amide bonds. The van der Waals surface area contributed by atoms with Gasteiger partial charge in [-0.15, -0.1) is 0 Å². The fourth-order valence-electron chi connectivity index (χ4n) is 2.60. The van der Waals surface area contributed by atoms with Gasteiger partial charge >= 0.3 is 0 Å². The second-order valence-corrected chi connectivity index (χ2v) is 6.53. The molecule has 0 saturated carbocycles. The van der Waals surface area contributed by atoms with E-state index in [4.69, 9.17) is 5.73 Å². The molecule has 0 saturated heterocycles. The molecule has 5 nitrogen and oxygen atoms in total. The van der Waals surface area contributed by atoms with Crippen LogP contribution in [-0.4, -0.2) is 54.0 Å². The predicted octanol–water partition coefficient (Wildman–Crippen LogP) is 1.85. The highest BCUT2D eigenvalue weighted by atomic mass is 16.3. The third-order valence-electron chi connectivity index (χ3n) is 4.05. The minimum atomic E-state index is -0.601. The van der Waals surface area contributed by atoms with Crippen molar-refractivity contribution in [1.82, 2.24) is 9.80 Å². The van der Waals surface area contributed by atoms with Crippen LogP contribution in [0.5, 0.6) is 5.75 Å². The number of likely N-dealkylation sites (N-methyl/N-ethyl adjacent to an activating group) is 1. The molecular weight excluding hydrogens is 314 g/mol. The molecule has 2 rings (SSSR count). The van der Waals surface area contributed by atoms with Crippen LogP contribution in [0.4, 0.5) is 0 Å². The predicted molar refractivity (Wildman–Crippen MR) is 100 cm³/mol. The van der Waals surface area contributed by atoms with Gasteiger partial charge in [0.05, 0.1) is 6.04 Å². The normalized spacial score (nSPS) is 12.2. The Morgan fingerprint density at radius 1 is 1.00 bits per heavy atom. The molecule has 25 heavy (non-hydrogen) atoms. The van der Waals surface area contributed by atoms with Crippen molar-refractivity contribution in [2.45, 2.75) is 19.0 Å². The van der Waals surface area contributed by atoms with Crippen LogP contribution in [0, 0.1) is 0 Å². The number of nitrogens with zero attached hydrogens (tertiary/aromatic N) is 2. The van der Waals surface area contributed by atoms with Crippen LogP contribution in [0.3, 0.4) is 0 Å². The van der Waals surface area contributed by atoms with Crippen molar-refractivity contribution in [2.75, 3.05) is 27.2 Å². The molecule has 3 N–H and O–H groups in total. The van der Waals surface area contributed by atoms with Gasteiger partial charge in [0.1, 0.15) is 5.75 Å². The van der Waals surface area contributed by atoms with Gasteiger partial charge in [-0.1, -0.05) is 42.5 Å². The summed E-state index contributed by atoms with van der Waals surface area (Å²) in [6.45, 7) is 1.96. The molecule has 0 bridgehead atoms. The summed E-state index contributed by atoms with van der Waals surface area (Å²) >= 11 is 0. The summed E-state index contributed by atoms with van der Waals surface area (Å²) in [6, 6.07) is 16.2. The first-order valence-electron chi connectivity index (χ1n) is 8.46. The molecule has 1 atom stereocenters. The van der Waals surface area contributed by atoms with Crippen LogP contribution in [0.15, 0.2) is 54.6 Å². The second-order valence-electron chi connectivity index (χ2n) is 6.53. The van der Waals surface area contributed by atoms with E-state index in [0.29, 0.717) is 19.5 Å². The van der Waals surface area contributed by atoms with Crippen LogP contribution in [-0.2, 0) is 17.8 Å². The number of phenolic OH excluding ortho intramolecular Hbond substituents is 1. The maximum absolute atomic E-state index is 12.9. The largest absolute Gasteiger partial charge is 0.508 e. The van der Waals surface area contributed by atoms with Crippen molar-refractivity contribution in [3.63, 3.8) is 0 Å². The molecule has 2 aromatic carbocycles. The number of benzene rings is 2. The van der Waals surface area contributed by atoms with Crippen LogP contribution < -0.4 is 5.73 Å². The Morgan fingerprint density at radius 3 is 2.24 bits per heavy atom. The molecule has 0 aliphatic rings. The van der Waals surface area contributed by atoms with Gasteiger partial charge in [0.2, 0.25) is 5.91 Å². The fourth-order valence-corrected chi connectivity index (χ4v) is 2.60. The summed E-state index contributed by atoms with van der Waals surface area (Å²) < 4.78 is 0. The second kappa shape index (κ2) is 9.20. The van der Waals surface area contributed by atoms with E-state index < -0.39 is 6.04 Å². The van der Waals surface area contributed by atoms with Crippen molar-refractivity contribution in [3.8, 4) is 5.75 Å². The molecule has 5 heteroatoms. The maximum atomic E-state index is 12.9. The molecular formula is C20H27N3O2. The molecule has 0 aliphatic heterocycles. The molecule has 0 spiro atoms. The van der Waals surface area contributed by atoms with Crippen molar-refractivity contribution in [2.24, 2.45) is 5.73 Å². The topological polar surface area (TPSA) is 69.8 Å². The Balaban J connectivity index is 2.05. The summed E-state index contributed by atoms with van der Waals surface area (Å²) in [7, 11) is 3.98. The summed E-state index contributed by atoms with van der Waals surface area (Å²) in [4.78, 5) is 16.7. The van der Waals surface area contributed by atoms with Crippen molar-refractivity contribution < 1.29 is 9.90 Å². The smallest absolute Gasteiger partial charge is 0.240 e. The maximum Gasteiger partial charge on any atom is 0.240 e. The fraction of sp³-hybridized carbons (Fsp3) is 0.350. The Kier molecular flexibility index (Phi) is 6.98. The first-order valence-corrected chi connectivity index (χ1v) is 8.46. The highest BCUT2D eigenvalue weighted by Gasteiger charge is 2.21. The summed E-state index contributed by atoms with van der Waals surface area (Å²) in [6.07, 6.45) is 0.451. The van der Waals surface area contributed by atoms with E-state index in [2.05, 4.69) is 4.90 Å². The lowest BCUT2D eigenvalue weighted by atomic mass is 10.0. The van der Waals surface area contributed by atoms with Crippen LogP contribution in [0.2, 0.25) is 0 Å². The van der Waals surface area contributed by atoms with Gasteiger partial charge in [-0.2, -0.15) is 0 Å². The van der Waals surface area contributed by atoms with Gasteiger partial charge in [0.25, 0.3) is 0 Å². The lowest BCUT2D eigenvalue weighted by Crippen LogP contribution is -2.46. The highest BCUT2D eigenvalue weighted by Crippen LogP contribution is 2.13. The van der Waals surface area contributed by atoms with Gasteiger partial charge in [-0.3, -0.25) is 4.79 Å². The summed E-state index contributed by atoms with van der Waals surface area (Å²) in [5.74, 6) is 0.152. The van der Waals surface area contributed by atoms with E-state index in [1.54, 1.807) is 24.3 Å². The van der Waals surface area contributed by atoms with E-state index in [0.717, 1.165) is 17.7 Å². The number of rotatable bonds is 8. The summed E-state index contributed by atoms with van der Waals surface area (Å²) in [5, 5.41) is 9.36. The zero-order valence-corrected chi connectivity index (χ0v) is 14.9. The number of hydrogen-bond donors (Lipinski definition) is 2. The van der Waals surface area contributed by atoms with Gasteiger partial charge in [-0.25, -0.2) is 0 Å². The Hall–Kier alpha value is -2.37. The molecule has 0 aromatic heterocycles. The highest BCUT2D eigenvalue weighted by molar-refractivity contribution is 5.82. The Morgan fingerprint density at radius 2 is 1.64 bits per heavy atom. The Bertz CT molecular complexity index is 656. The van der Waals surface area contributed by atoms with Crippen LogP contribution in [0.25, 0.3) is 0 Å². The van der Waals surface area contributed by atoms with Crippen molar-refractivity contribution in [3.05, 3.63) is 65.7 Å². The average Bonchev–Trinajstić information content (AvgIpc) is 2.60. The standard InChI is InChI=1S/C20H27N3O2/c1-22(2)12-13-23(15-17-6-4-3-5-7-17)20(25)19(21)14-16-8-10-18(24)11-9-16/h3-11,19,24H,12-15,21H2,1-2H3/t19-/m1/s1. The van der Waals surface area contributed by atoms with E-state index >= 15 is 0 Å². The SMILES string of the molecule is CN(C)CCN(Cc1ccccc1)C(=O)[C@H](N)Cc1ccc(O)cc1. The number of carbonyl (C=O) groups is 1. The average molecular weight is 341 g/mol. The lowest BCUT2D eigenvalue weighted by Gasteiger charge is -2.27. The molecule has 134 valence electrons. The van der Waals surface area contributed by atoms with Crippen molar-refractivity contribution >= 4 is 5.91 Å². The molecule has 0 radical (unpaired) electrons. The number of carbonyl (C=O) groups excluding carboxylic acids is 1. The monoisotopic (exact) mass is 341 g/mol. The van der Waals surface area contributed by atoms with Gasteiger partial charge < -0.3 is 20.6 Å². The number of amides is 1. The van der Waals surface area contributed by atoms with E-state index in [9.17, 15) is 9.90 Å². The van der Waals surface area contributed by atoms with E-state index in [1.165, 1.54) is 0 Å². The first kappa shape index (κ1) is 19.0. The lowest BCUT2D eigenvalue weighted by molar-refractivity contribution is -0.133. The first-order chi connectivity index (χ1) is 12.0. The summed E-state index contributed by atoms with van der Waals surface area (Å²) in [5.41, 5.74) is 8.21.